The minimum Gasteiger partial charge on any atom is -0.484 e. The van der Waals surface area contributed by atoms with Crippen molar-refractivity contribution in [2.75, 3.05) is 11.9 Å². The predicted octanol–water partition coefficient (Wildman–Crippen LogP) is 5.00. The number of carbonyl (C=O) groups excluding carboxylic acids is 2. The first-order valence-corrected chi connectivity index (χ1v) is 9.98. The van der Waals surface area contributed by atoms with Gasteiger partial charge in [-0.2, -0.15) is 0 Å². The van der Waals surface area contributed by atoms with Crippen molar-refractivity contribution in [2.24, 2.45) is 0 Å². The first-order chi connectivity index (χ1) is 13.5. The average molecular weight is 415 g/mol. The van der Waals surface area contributed by atoms with Gasteiger partial charge in [0.05, 0.1) is 5.69 Å². The number of benzene rings is 2. The Hall–Kier alpha value is -2.70. The molecule has 2 aromatic carbocycles. The molecule has 0 unspecified atom stereocenters. The van der Waals surface area contributed by atoms with Crippen LogP contribution in [0, 0.1) is 0 Å². The molecule has 0 atom stereocenters. The lowest BCUT2D eigenvalue weighted by Crippen LogP contribution is -2.20. The number of thiazole rings is 1. The zero-order valence-electron chi connectivity index (χ0n) is 15.3. The lowest BCUT2D eigenvalue weighted by Gasteiger charge is -2.07. The Labute approximate surface area is 172 Å². The molecular weight excluding hydrogens is 396 g/mol. The summed E-state index contributed by atoms with van der Waals surface area (Å²) in [6, 6.07) is 14.8. The van der Waals surface area contributed by atoms with Gasteiger partial charge in [0.2, 0.25) is 0 Å². The van der Waals surface area contributed by atoms with Gasteiger partial charge >= 0.3 is 0 Å². The summed E-state index contributed by atoms with van der Waals surface area (Å²) in [5, 5.41) is 5.67. The number of carbonyl (C=O) groups is 2. The summed E-state index contributed by atoms with van der Waals surface area (Å²) in [4.78, 5) is 27.5. The van der Waals surface area contributed by atoms with Crippen LogP contribution in [0.3, 0.4) is 0 Å². The maximum atomic E-state index is 12.1. The van der Waals surface area contributed by atoms with E-state index in [1.165, 1.54) is 11.3 Å². The van der Waals surface area contributed by atoms with Gasteiger partial charge in [-0.25, -0.2) is 4.98 Å². The van der Waals surface area contributed by atoms with E-state index < -0.39 is 0 Å². The second-order valence-corrected chi connectivity index (χ2v) is 7.47. The fourth-order valence-corrected chi connectivity index (χ4v) is 3.46. The molecule has 0 aliphatic carbocycles. The molecule has 3 rings (SSSR count). The van der Waals surface area contributed by atoms with E-state index >= 15 is 0 Å². The molecule has 1 heterocycles. The number of Topliss-reactive ketones (excluding diaryl/α,β-unsaturated/α-hetero) is 1. The van der Waals surface area contributed by atoms with Crippen LogP contribution >= 0.6 is 22.9 Å². The predicted molar refractivity (Wildman–Crippen MR) is 112 cm³/mol. The number of hydrogen-bond donors (Lipinski definition) is 1. The summed E-state index contributed by atoms with van der Waals surface area (Å²) in [6.45, 7) is 1.46. The summed E-state index contributed by atoms with van der Waals surface area (Å²) < 4.78 is 5.51. The van der Waals surface area contributed by atoms with Crippen LogP contribution in [-0.2, 0) is 16.0 Å². The van der Waals surface area contributed by atoms with Crippen molar-refractivity contribution in [1.82, 2.24) is 4.98 Å². The highest BCUT2D eigenvalue weighted by atomic mass is 35.5. The number of amides is 1. The van der Waals surface area contributed by atoms with E-state index in [2.05, 4.69) is 10.3 Å². The number of aromatic nitrogens is 1. The molecule has 0 aliphatic rings. The highest BCUT2D eigenvalue weighted by molar-refractivity contribution is 7.14. The topological polar surface area (TPSA) is 68.3 Å². The molecule has 0 aliphatic heterocycles. The van der Waals surface area contributed by atoms with Crippen molar-refractivity contribution in [3.8, 4) is 17.0 Å². The van der Waals surface area contributed by atoms with Crippen LogP contribution in [-0.4, -0.2) is 23.3 Å². The van der Waals surface area contributed by atoms with Crippen LogP contribution in [0.4, 0.5) is 5.13 Å². The van der Waals surface area contributed by atoms with Crippen LogP contribution in [0.5, 0.6) is 5.75 Å². The van der Waals surface area contributed by atoms with E-state index in [-0.39, 0.29) is 18.3 Å². The van der Waals surface area contributed by atoms with Crippen LogP contribution in [0.1, 0.15) is 18.9 Å². The zero-order valence-corrected chi connectivity index (χ0v) is 16.8. The first kappa shape index (κ1) is 20.0. The lowest BCUT2D eigenvalue weighted by molar-refractivity contribution is -0.118. The average Bonchev–Trinajstić information content (AvgIpc) is 3.14. The maximum Gasteiger partial charge on any atom is 0.264 e. The minimum absolute atomic E-state index is 0.117. The standard InChI is InChI=1S/C21H19ClN2O3S/c1-14(25)6-7-15-8-10-16(11-9-15)27-12-20(26)24-21-23-19(13-28-21)17-4-2-3-5-18(17)22/h2-5,8-11,13H,6-7,12H2,1H3,(H,23,24,26). The molecule has 1 amide bonds. The number of ether oxygens (including phenoxy) is 1. The Morgan fingerprint density at radius 2 is 1.89 bits per heavy atom. The monoisotopic (exact) mass is 414 g/mol. The number of nitrogens with zero attached hydrogens (tertiary/aromatic N) is 1. The van der Waals surface area contributed by atoms with Crippen molar-refractivity contribution in [3.05, 3.63) is 64.5 Å². The normalized spacial score (nSPS) is 10.5. The van der Waals surface area contributed by atoms with Crippen molar-refractivity contribution < 1.29 is 14.3 Å². The Kier molecular flexibility index (Phi) is 6.79. The first-order valence-electron chi connectivity index (χ1n) is 8.73. The number of anilines is 1. The second-order valence-electron chi connectivity index (χ2n) is 6.20. The van der Waals surface area contributed by atoms with Gasteiger partial charge < -0.3 is 9.53 Å². The minimum atomic E-state index is -0.291. The Bertz CT molecular complexity index is 970. The van der Waals surface area contributed by atoms with Gasteiger partial charge in [-0.15, -0.1) is 11.3 Å². The molecule has 1 N–H and O–H groups in total. The van der Waals surface area contributed by atoms with Crippen LogP contribution in [0.15, 0.2) is 53.9 Å². The third-order valence-corrected chi connectivity index (χ3v) is 5.05. The van der Waals surface area contributed by atoms with E-state index in [4.69, 9.17) is 16.3 Å². The molecule has 0 radical (unpaired) electrons. The highest BCUT2D eigenvalue weighted by Crippen LogP contribution is 2.30. The van der Waals surface area contributed by atoms with Crippen molar-refractivity contribution in [2.45, 2.75) is 19.8 Å². The third-order valence-electron chi connectivity index (χ3n) is 3.96. The molecule has 0 spiro atoms. The second kappa shape index (κ2) is 9.48. The van der Waals surface area contributed by atoms with Crippen molar-refractivity contribution in [1.29, 1.82) is 0 Å². The fourth-order valence-electron chi connectivity index (χ4n) is 2.50. The van der Waals surface area contributed by atoms with Crippen LogP contribution in [0.2, 0.25) is 5.02 Å². The van der Waals surface area contributed by atoms with Gasteiger partial charge in [0.25, 0.3) is 5.91 Å². The van der Waals surface area contributed by atoms with Gasteiger partial charge in [-0.3, -0.25) is 10.1 Å². The molecule has 5 nitrogen and oxygen atoms in total. The molecule has 0 saturated carbocycles. The summed E-state index contributed by atoms with van der Waals surface area (Å²) in [7, 11) is 0. The lowest BCUT2D eigenvalue weighted by atomic mass is 10.1. The number of halogens is 1. The molecule has 7 heteroatoms. The van der Waals surface area contributed by atoms with Gasteiger partial charge in [-0.1, -0.05) is 41.9 Å². The highest BCUT2D eigenvalue weighted by Gasteiger charge is 2.10. The van der Waals surface area contributed by atoms with Crippen molar-refractivity contribution >= 4 is 39.8 Å². The Morgan fingerprint density at radius 3 is 2.61 bits per heavy atom. The fraction of sp³-hybridized carbons (Fsp3) is 0.190. The Balaban J connectivity index is 1.51. The number of nitrogens with one attached hydrogen (secondary N) is 1. The quantitative estimate of drug-likeness (QED) is 0.563. The maximum absolute atomic E-state index is 12.1. The van der Waals surface area contributed by atoms with Crippen LogP contribution < -0.4 is 10.1 Å². The molecule has 3 aromatic rings. The molecule has 0 fully saturated rings. The Morgan fingerprint density at radius 1 is 1.14 bits per heavy atom. The summed E-state index contributed by atoms with van der Waals surface area (Å²) >= 11 is 7.51. The smallest absolute Gasteiger partial charge is 0.264 e. The van der Waals surface area contributed by atoms with E-state index in [9.17, 15) is 9.59 Å². The molecule has 1 aromatic heterocycles. The van der Waals surface area contributed by atoms with E-state index in [1.54, 1.807) is 25.1 Å². The summed E-state index contributed by atoms with van der Waals surface area (Å²) in [6.07, 6.45) is 1.22. The molecule has 28 heavy (non-hydrogen) atoms. The summed E-state index contributed by atoms with van der Waals surface area (Å²) in [5.74, 6) is 0.468. The number of ketones is 1. The number of aryl methyl sites for hydroxylation is 1. The van der Waals surface area contributed by atoms with Gasteiger partial charge in [-0.05, 0) is 37.1 Å². The molecular formula is C21H19ClN2O3S. The SMILES string of the molecule is CC(=O)CCc1ccc(OCC(=O)Nc2nc(-c3ccccc3Cl)cs2)cc1. The molecule has 0 saturated heterocycles. The van der Waals surface area contributed by atoms with E-state index in [0.29, 0.717) is 34.4 Å². The molecule has 0 bridgehead atoms. The van der Waals surface area contributed by atoms with Gasteiger partial charge in [0.15, 0.2) is 11.7 Å². The van der Waals surface area contributed by atoms with Crippen molar-refractivity contribution in [3.63, 3.8) is 0 Å². The largest absolute Gasteiger partial charge is 0.484 e. The van der Waals surface area contributed by atoms with Gasteiger partial charge in [0, 0.05) is 22.4 Å². The van der Waals surface area contributed by atoms with Gasteiger partial charge in [0.1, 0.15) is 11.5 Å². The van der Waals surface area contributed by atoms with E-state index in [1.807, 2.05) is 35.7 Å². The third kappa shape index (κ3) is 5.65. The van der Waals surface area contributed by atoms with Crippen LogP contribution in [0.25, 0.3) is 11.3 Å². The zero-order chi connectivity index (χ0) is 19.9. The van der Waals surface area contributed by atoms with E-state index in [0.717, 1.165) is 11.1 Å². The molecule has 144 valence electrons. The summed E-state index contributed by atoms with van der Waals surface area (Å²) in [5.41, 5.74) is 2.59. The number of rotatable bonds is 8. The number of hydrogen-bond acceptors (Lipinski definition) is 5.